The molecule has 0 saturated carbocycles. The average Bonchev–Trinajstić information content (AvgIpc) is 3.05. The summed E-state index contributed by atoms with van der Waals surface area (Å²) in [4.78, 5) is 47.7. The predicted molar refractivity (Wildman–Crippen MR) is 113 cm³/mol. The van der Waals surface area contributed by atoms with Crippen LogP contribution in [-0.4, -0.2) is 48.1 Å². The molecule has 0 aliphatic carbocycles. The lowest BCUT2D eigenvalue weighted by molar-refractivity contribution is -0.136. The molecule has 1 heterocycles. The number of Topliss-reactive ketones (excluding diaryl/α,β-unsaturated/α-hetero) is 1. The van der Waals surface area contributed by atoms with E-state index in [0.717, 1.165) is 18.6 Å². The van der Waals surface area contributed by atoms with E-state index in [2.05, 4.69) is 5.32 Å². The predicted octanol–water partition coefficient (Wildman–Crippen LogP) is 1.99. The Balaban J connectivity index is 1.43. The van der Waals surface area contributed by atoms with E-state index in [4.69, 9.17) is 10.5 Å². The summed E-state index contributed by atoms with van der Waals surface area (Å²) in [5, 5.41) is 2.81. The highest BCUT2D eigenvalue weighted by atomic mass is 16.5. The van der Waals surface area contributed by atoms with Gasteiger partial charge in [0.1, 0.15) is 11.5 Å². The molecule has 8 nitrogen and oxygen atoms in total. The van der Waals surface area contributed by atoms with Crippen LogP contribution in [0.5, 0.6) is 5.75 Å². The molecule has 8 heteroatoms. The summed E-state index contributed by atoms with van der Waals surface area (Å²) in [6.45, 7) is 1.42. The van der Waals surface area contributed by atoms with Crippen molar-refractivity contribution in [2.45, 2.75) is 44.9 Å². The fourth-order valence-corrected chi connectivity index (χ4v) is 2.92. The molecule has 2 rings (SSSR count). The van der Waals surface area contributed by atoms with Gasteiger partial charge in [0, 0.05) is 50.2 Å². The van der Waals surface area contributed by atoms with Crippen LogP contribution in [0.25, 0.3) is 0 Å². The Bertz CT molecular complexity index is 755. The summed E-state index contributed by atoms with van der Waals surface area (Å²) in [6.07, 6.45) is 5.99. The topological polar surface area (TPSA) is 119 Å². The molecule has 0 radical (unpaired) electrons. The largest absolute Gasteiger partial charge is 0.494 e. The number of hydrogen-bond donors (Lipinski definition) is 2. The van der Waals surface area contributed by atoms with Crippen LogP contribution in [-0.2, 0) is 19.2 Å². The Morgan fingerprint density at radius 3 is 2.30 bits per heavy atom. The van der Waals surface area contributed by atoms with Crippen molar-refractivity contribution in [3.8, 4) is 5.75 Å². The van der Waals surface area contributed by atoms with Crippen LogP contribution in [0.2, 0.25) is 0 Å². The molecule has 1 aliphatic heterocycles. The lowest BCUT2D eigenvalue weighted by atomic mass is 10.1. The third kappa shape index (κ3) is 8.46. The van der Waals surface area contributed by atoms with Crippen LogP contribution in [0.1, 0.15) is 44.9 Å². The normalized spacial score (nSPS) is 13.0. The summed E-state index contributed by atoms with van der Waals surface area (Å²) in [5.41, 5.74) is 6.30. The van der Waals surface area contributed by atoms with E-state index in [1.807, 2.05) is 12.1 Å². The van der Waals surface area contributed by atoms with E-state index >= 15 is 0 Å². The van der Waals surface area contributed by atoms with Crippen LogP contribution in [0.3, 0.4) is 0 Å². The number of nitrogens with zero attached hydrogens (tertiary/aromatic N) is 1. The van der Waals surface area contributed by atoms with E-state index < -0.39 is 0 Å². The van der Waals surface area contributed by atoms with Crippen molar-refractivity contribution < 1.29 is 23.9 Å². The SMILES string of the molecule is Nc1ccc(OCCCCNC(=O)CCC(=O)CCCCN2C(=O)C=CC2=O)cc1. The fraction of sp³-hybridized carbons (Fsp3) is 0.455. The number of nitrogens with two attached hydrogens (primary N) is 1. The molecule has 0 fully saturated rings. The first kappa shape index (κ1) is 23.1. The number of amides is 3. The number of carbonyl (C=O) groups excluding carboxylic acids is 4. The molecule has 30 heavy (non-hydrogen) atoms. The lowest BCUT2D eigenvalue weighted by Gasteiger charge is -2.12. The van der Waals surface area contributed by atoms with Gasteiger partial charge in [-0.1, -0.05) is 0 Å². The number of ether oxygens (including phenoxy) is 1. The lowest BCUT2D eigenvalue weighted by Crippen LogP contribution is -2.30. The Labute approximate surface area is 176 Å². The van der Waals surface area contributed by atoms with Crippen molar-refractivity contribution in [1.82, 2.24) is 10.2 Å². The van der Waals surface area contributed by atoms with Gasteiger partial charge < -0.3 is 15.8 Å². The van der Waals surface area contributed by atoms with Gasteiger partial charge in [-0.2, -0.15) is 0 Å². The van der Waals surface area contributed by atoms with E-state index in [1.54, 1.807) is 12.1 Å². The van der Waals surface area contributed by atoms with Crippen LogP contribution in [0.4, 0.5) is 5.69 Å². The van der Waals surface area contributed by atoms with Gasteiger partial charge in [-0.25, -0.2) is 0 Å². The molecule has 1 aromatic rings. The van der Waals surface area contributed by atoms with Gasteiger partial charge in [-0.3, -0.25) is 24.1 Å². The van der Waals surface area contributed by atoms with Gasteiger partial charge in [0.25, 0.3) is 11.8 Å². The number of anilines is 1. The molecule has 0 saturated heterocycles. The minimum Gasteiger partial charge on any atom is -0.494 e. The van der Waals surface area contributed by atoms with Crippen LogP contribution < -0.4 is 15.8 Å². The smallest absolute Gasteiger partial charge is 0.253 e. The zero-order chi connectivity index (χ0) is 21.8. The van der Waals surface area contributed by atoms with Crippen molar-refractivity contribution in [2.75, 3.05) is 25.4 Å². The summed E-state index contributed by atoms with van der Waals surface area (Å²) in [5.74, 6) is 0.0306. The zero-order valence-electron chi connectivity index (χ0n) is 17.1. The highest BCUT2D eigenvalue weighted by molar-refractivity contribution is 6.12. The van der Waals surface area contributed by atoms with Gasteiger partial charge in [-0.15, -0.1) is 0 Å². The number of rotatable bonds is 14. The third-order valence-corrected chi connectivity index (χ3v) is 4.66. The van der Waals surface area contributed by atoms with Gasteiger partial charge in [0.05, 0.1) is 6.61 Å². The number of hydrogen-bond acceptors (Lipinski definition) is 6. The minimum absolute atomic E-state index is 0.0132. The van der Waals surface area contributed by atoms with E-state index in [1.165, 1.54) is 17.1 Å². The second kappa shape index (κ2) is 12.4. The second-order valence-corrected chi connectivity index (χ2v) is 7.13. The summed E-state index contributed by atoms with van der Waals surface area (Å²) in [6, 6.07) is 7.20. The summed E-state index contributed by atoms with van der Waals surface area (Å²) in [7, 11) is 0. The number of nitrogens with one attached hydrogen (secondary N) is 1. The maximum Gasteiger partial charge on any atom is 0.253 e. The second-order valence-electron chi connectivity index (χ2n) is 7.13. The van der Waals surface area contributed by atoms with E-state index in [9.17, 15) is 19.2 Å². The zero-order valence-corrected chi connectivity index (χ0v) is 17.1. The van der Waals surface area contributed by atoms with Crippen LogP contribution in [0, 0.1) is 0 Å². The molecular formula is C22H29N3O5. The van der Waals surface area contributed by atoms with Crippen molar-refractivity contribution in [2.24, 2.45) is 0 Å². The summed E-state index contributed by atoms with van der Waals surface area (Å²) < 4.78 is 5.58. The molecule has 3 amide bonds. The molecule has 162 valence electrons. The maximum atomic E-state index is 11.9. The quantitative estimate of drug-likeness (QED) is 0.272. The number of imide groups is 1. The van der Waals surface area contributed by atoms with Gasteiger partial charge >= 0.3 is 0 Å². The third-order valence-electron chi connectivity index (χ3n) is 4.66. The Morgan fingerprint density at radius 2 is 1.60 bits per heavy atom. The minimum atomic E-state index is -0.306. The average molecular weight is 415 g/mol. The highest BCUT2D eigenvalue weighted by Gasteiger charge is 2.22. The van der Waals surface area contributed by atoms with E-state index in [0.29, 0.717) is 44.6 Å². The Kier molecular flexibility index (Phi) is 9.57. The van der Waals surface area contributed by atoms with Crippen molar-refractivity contribution in [3.05, 3.63) is 36.4 Å². The van der Waals surface area contributed by atoms with Gasteiger partial charge in [0.15, 0.2) is 0 Å². The first-order chi connectivity index (χ1) is 14.5. The number of unbranched alkanes of at least 4 members (excludes halogenated alkanes) is 2. The monoisotopic (exact) mass is 415 g/mol. The number of benzene rings is 1. The molecule has 0 spiro atoms. The van der Waals surface area contributed by atoms with Crippen molar-refractivity contribution >= 4 is 29.2 Å². The molecule has 0 bridgehead atoms. The van der Waals surface area contributed by atoms with Crippen molar-refractivity contribution in [3.63, 3.8) is 0 Å². The van der Waals surface area contributed by atoms with Gasteiger partial charge in [0.2, 0.25) is 5.91 Å². The highest BCUT2D eigenvalue weighted by Crippen LogP contribution is 2.13. The molecule has 1 aliphatic rings. The fourth-order valence-electron chi connectivity index (χ4n) is 2.92. The Morgan fingerprint density at radius 1 is 0.900 bits per heavy atom. The molecule has 3 N–H and O–H groups in total. The molecule has 0 aromatic heterocycles. The maximum absolute atomic E-state index is 11.9. The van der Waals surface area contributed by atoms with Gasteiger partial charge in [-0.05, 0) is 49.9 Å². The van der Waals surface area contributed by atoms with E-state index in [-0.39, 0.29) is 36.3 Å². The Hall–Kier alpha value is -3.16. The first-order valence-corrected chi connectivity index (χ1v) is 10.3. The number of nitrogen functional groups attached to an aromatic ring is 1. The first-order valence-electron chi connectivity index (χ1n) is 10.3. The summed E-state index contributed by atoms with van der Waals surface area (Å²) >= 11 is 0. The number of ketones is 1. The number of carbonyl (C=O) groups is 4. The molecular weight excluding hydrogens is 386 g/mol. The molecule has 0 atom stereocenters. The van der Waals surface area contributed by atoms with Crippen LogP contribution >= 0.6 is 0 Å². The molecule has 0 unspecified atom stereocenters. The van der Waals surface area contributed by atoms with Crippen LogP contribution in [0.15, 0.2) is 36.4 Å². The molecule has 1 aromatic carbocycles. The van der Waals surface area contributed by atoms with Crippen molar-refractivity contribution in [1.29, 1.82) is 0 Å². The standard InChI is InChI=1S/C22H29N3O5/c23-17-6-9-19(10-7-17)30-16-4-2-14-24-20(27)11-8-18(26)5-1-3-15-25-21(28)12-13-22(25)29/h6-7,9-10,12-13H,1-5,8,11,14-16,23H2,(H,24,27).